The Labute approximate surface area is 196 Å². The summed E-state index contributed by atoms with van der Waals surface area (Å²) < 4.78 is 1.03. The van der Waals surface area contributed by atoms with E-state index < -0.39 is 0 Å². The molecule has 3 rings (SSSR count). The molecular formula is C23H20BrCl3N2. The van der Waals surface area contributed by atoms with Crippen LogP contribution in [0.3, 0.4) is 0 Å². The topological polar surface area (TPSA) is 26.0 Å². The molecule has 150 valence electrons. The third-order valence-electron chi connectivity index (χ3n) is 4.28. The Bertz CT molecular complexity index is 1040. The van der Waals surface area contributed by atoms with E-state index in [0.717, 1.165) is 48.3 Å². The molecule has 0 aliphatic heterocycles. The zero-order chi connectivity index (χ0) is 20.1. The Balaban J connectivity index is 0.00000300. The van der Waals surface area contributed by atoms with Crippen LogP contribution >= 0.6 is 39.1 Å². The van der Waals surface area contributed by atoms with E-state index in [1.54, 1.807) is 0 Å². The predicted octanol–water partition coefficient (Wildman–Crippen LogP) is 3.31. The van der Waals surface area contributed by atoms with Crippen LogP contribution in [0.5, 0.6) is 0 Å². The highest BCUT2D eigenvalue weighted by Crippen LogP contribution is 2.24. The van der Waals surface area contributed by atoms with Gasteiger partial charge in [-0.15, -0.1) is 0 Å². The monoisotopic (exact) mass is 508 g/mol. The standard InChI is InChI=1S/C23H19BrCl2N2.ClH/c1-15-3-9-19(13-21(15)25)27-12-11-23(17-5-7-18(24)8-6-17)28-20-10-4-16(2)22(26)14-20;/h3-14,28H,1-2H3;1H. The lowest BCUT2D eigenvalue weighted by Gasteiger charge is -2.12. The Kier molecular flexibility index (Phi) is 8.79. The molecular weight excluding hydrogens is 491 g/mol. The van der Waals surface area contributed by atoms with Crippen LogP contribution in [0, 0.1) is 13.8 Å². The first kappa shape index (κ1) is 23.5. The number of aryl methyl sites for hydroxylation is 2. The van der Waals surface area contributed by atoms with Crippen LogP contribution in [0.2, 0.25) is 10.0 Å². The quantitative estimate of drug-likeness (QED) is 0.506. The van der Waals surface area contributed by atoms with Gasteiger partial charge >= 0.3 is 0 Å². The second kappa shape index (κ2) is 10.8. The lowest BCUT2D eigenvalue weighted by Crippen LogP contribution is -3.00. The molecule has 0 aliphatic carbocycles. The fourth-order valence-corrected chi connectivity index (χ4v) is 3.19. The number of benzene rings is 3. The summed E-state index contributed by atoms with van der Waals surface area (Å²) in [6, 6.07) is 20.0. The molecule has 0 saturated heterocycles. The Morgan fingerprint density at radius 1 is 0.897 bits per heavy atom. The van der Waals surface area contributed by atoms with Crippen molar-refractivity contribution in [1.82, 2.24) is 0 Å². The van der Waals surface area contributed by atoms with E-state index in [0.29, 0.717) is 0 Å². The molecule has 29 heavy (non-hydrogen) atoms. The van der Waals surface area contributed by atoms with E-state index in [9.17, 15) is 0 Å². The number of hydrogen-bond donors (Lipinski definition) is 2. The van der Waals surface area contributed by atoms with Crippen LogP contribution in [0.1, 0.15) is 16.7 Å². The van der Waals surface area contributed by atoms with Gasteiger partial charge in [-0.1, -0.05) is 63.4 Å². The van der Waals surface area contributed by atoms with E-state index in [1.807, 2.05) is 74.7 Å². The minimum Gasteiger partial charge on any atom is -1.00 e. The smallest absolute Gasteiger partial charge is 0.204 e. The van der Waals surface area contributed by atoms with Gasteiger partial charge in [-0.3, -0.25) is 0 Å². The van der Waals surface area contributed by atoms with E-state index >= 15 is 0 Å². The first-order valence-corrected chi connectivity index (χ1v) is 10.3. The summed E-state index contributed by atoms with van der Waals surface area (Å²) in [6.07, 6.45) is 3.88. The van der Waals surface area contributed by atoms with Crippen LogP contribution in [0.15, 0.2) is 71.2 Å². The fourth-order valence-electron chi connectivity index (χ4n) is 2.57. The van der Waals surface area contributed by atoms with Gasteiger partial charge in [-0.05, 0) is 54.8 Å². The molecule has 0 saturated carbocycles. The Hall–Kier alpha value is -1.78. The van der Waals surface area contributed by atoms with Gasteiger partial charge in [0.1, 0.15) is 0 Å². The van der Waals surface area contributed by atoms with Crippen molar-refractivity contribution in [3.8, 4) is 0 Å². The van der Waals surface area contributed by atoms with Crippen molar-refractivity contribution >= 4 is 62.4 Å². The SMILES string of the molecule is Cc1ccc(NC(=CC=[NH+]c2ccc(C)c(Cl)c2)c2ccc(Br)cc2)cc1Cl.[Cl-]. The first-order valence-electron chi connectivity index (χ1n) is 8.78. The summed E-state index contributed by atoms with van der Waals surface area (Å²) in [5, 5.41) is 4.93. The third kappa shape index (κ3) is 6.61. The normalized spacial score (nSPS) is 11.4. The van der Waals surface area contributed by atoms with Crippen molar-refractivity contribution in [2.75, 3.05) is 5.32 Å². The fraction of sp³-hybridized carbons (Fsp3) is 0.0870. The summed E-state index contributed by atoms with van der Waals surface area (Å²) in [7, 11) is 0. The van der Waals surface area contributed by atoms with Gasteiger partial charge in [0, 0.05) is 33.4 Å². The van der Waals surface area contributed by atoms with Crippen LogP contribution in [0.25, 0.3) is 5.70 Å². The number of nitrogens with one attached hydrogen (secondary N) is 2. The summed E-state index contributed by atoms with van der Waals surface area (Å²) in [5.74, 6) is 0. The number of hydrogen-bond acceptors (Lipinski definition) is 1. The highest BCUT2D eigenvalue weighted by molar-refractivity contribution is 9.10. The van der Waals surface area contributed by atoms with Gasteiger partial charge in [0.05, 0.1) is 10.7 Å². The molecule has 6 heteroatoms. The van der Waals surface area contributed by atoms with Gasteiger partial charge in [-0.25, -0.2) is 4.99 Å². The molecule has 0 spiro atoms. The minimum atomic E-state index is 0. The van der Waals surface area contributed by atoms with Gasteiger partial charge in [-0.2, -0.15) is 0 Å². The molecule has 0 fully saturated rings. The van der Waals surface area contributed by atoms with E-state index in [-0.39, 0.29) is 12.4 Å². The maximum atomic E-state index is 6.28. The second-order valence-electron chi connectivity index (χ2n) is 6.45. The zero-order valence-corrected chi connectivity index (χ0v) is 19.8. The van der Waals surface area contributed by atoms with Crippen molar-refractivity contribution in [2.24, 2.45) is 0 Å². The van der Waals surface area contributed by atoms with Gasteiger partial charge in [0.2, 0.25) is 5.69 Å². The molecule has 0 amide bonds. The lowest BCUT2D eigenvalue weighted by molar-refractivity contribution is -0.346. The summed E-state index contributed by atoms with van der Waals surface area (Å²) >= 11 is 16.0. The van der Waals surface area contributed by atoms with Crippen LogP contribution in [0.4, 0.5) is 11.4 Å². The van der Waals surface area contributed by atoms with Crippen molar-refractivity contribution in [2.45, 2.75) is 13.8 Å². The number of rotatable bonds is 5. The van der Waals surface area contributed by atoms with Gasteiger partial charge < -0.3 is 17.7 Å². The van der Waals surface area contributed by atoms with Crippen LogP contribution < -0.4 is 22.7 Å². The molecule has 2 nitrogen and oxygen atoms in total. The van der Waals surface area contributed by atoms with Gasteiger partial charge in [0.15, 0.2) is 6.21 Å². The highest BCUT2D eigenvalue weighted by Gasteiger charge is 2.05. The zero-order valence-electron chi connectivity index (χ0n) is 15.9. The molecule has 2 N–H and O–H groups in total. The Morgan fingerprint density at radius 3 is 2.14 bits per heavy atom. The van der Waals surface area contributed by atoms with Crippen molar-refractivity contribution in [3.63, 3.8) is 0 Å². The molecule has 0 unspecified atom stereocenters. The molecule has 0 radical (unpaired) electrons. The number of anilines is 1. The molecule has 0 aliphatic rings. The van der Waals surface area contributed by atoms with Crippen molar-refractivity contribution in [1.29, 1.82) is 0 Å². The molecule has 3 aromatic rings. The highest BCUT2D eigenvalue weighted by atomic mass is 79.9. The van der Waals surface area contributed by atoms with Crippen LogP contribution in [-0.4, -0.2) is 6.21 Å². The molecule has 0 bridgehead atoms. The van der Waals surface area contributed by atoms with Crippen molar-refractivity contribution < 1.29 is 17.4 Å². The number of halogens is 4. The first-order chi connectivity index (χ1) is 13.4. The van der Waals surface area contributed by atoms with Crippen LogP contribution in [-0.2, 0) is 0 Å². The largest absolute Gasteiger partial charge is 1.00 e. The second-order valence-corrected chi connectivity index (χ2v) is 8.18. The summed E-state index contributed by atoms with van der Waals surface area (Å²) in [4.78, 5) is 3.27. The molecule has 3 aromatic carbocycles. The van der Waals surface area contributed by atoms with E-state index in [1.165, 1.54) is 0 Å². The average Bonchev–Trinajstić information content (AvgIpc) is 2.67. The average molecular weight is 511 g/mol. The minimum absolute atomic E-state index is 0. The predicted molar refractivity (Wildman–Crippen MR) is 125 cm³/mol. The molecule has 0 heterocycles. The molecule has 0 aromatic heterocycles. The summed E-state index contributed by atoms with van der Waals surface area (Å²) in [6.45, 7) is 3.97. The third-order valence-corrected chi connectivity index (χ3v) is 5.62. The summed E-state index contributed by atoms with van der Waals surface area (Å²) in [5.41, 5.74) is 5.96. The Morgan fingerprint density at radius 2 is 1.52 bits per heavy atom. The van der Waals surface area contributed by atoms with E-state index in [2.05, 4.69) is 38.4 Å². The maximum Gasteiger partial charge on any atom is 0.204 e. The lowest BCUT2D eigenvalue weighted by atomic mass is 10.1. The van der Waals surface area contributed by atoms with Gasteiger partial charge in [0.25, 0.3) is 0 Å². The molecule has 0 atom stereocenters. The maximum absolute atomic E-state index is 6.28. The van der Waals surface area contributed by atoms with E-state index in [4.69, 9.17) is 23.2 Å². The number of allylic oxidation sites excluding steroid dienone is 1. The van der Waals surface area contributed by atoms with Crippen molar-refractivity contribution in [3.05, 3.63) is 97.9 Å².